The number of hydrogen-bond donors (Lipinski definition) is 2. The molecule has 1 unspecified atom stereocenters. The molecule has 7 heteroatoms. The van der Waals surface area contributed by atoms with E-state index in [1.165, 1.54) is 12.4 Å². The minimum atomic E-state index is -3.38. The van der Waals surface area contributed by atoms with Crippen molar-refractivity contribution >= 4 is 10.0 Å². The lowest BCUT2D eigenvalue weighted by Gasteiger charge is -2.29. The molecule has 1 aliphatic carbocycles. The largest absolute Gasteiger partial charge is 0.316 e. The van der Waals surface area contributed by atoms with Gasteiger partial charge in [0.15, 0.2) is 0 Å². The number of H-pyrrole nitrogens is 1. The van der Waals surface area contributed by atoms with Crippen LogP contribution in [-0.4, -0.2) is 48.6 Å². The van der Waals surface area contributed by atoms with Crippen LogP contribution in [0.25, 0.3) is 0 Å². The number of hydrogen-bond acceptors (Lipinski definition) is 4. The maximum Gasteiger partial charge on any atom is 0.246 e. The highest BCUT2D eigenvalue weighted by Gasteiger charge is 2.39. The summed E-state index contributed by atoms with van der Waals surface area (Å²) >= 11 is 0. The van der Waals surface area contributed by atoms with Gasteiger partial charge in [-0.3, -0.25) is 5.10 Å². The number of nitrogens with one attached hydrogen (secondary N) is 2. The van der Waals surface area contributed by atoms with Gasteiger partial charge in [0, 0.05) is 18.8 Å². The number of aromatic nitrogens is 2. The highest BCUT2D eigenvalue weighted by atomic mass is 32.2. The highest BCUT2D eigenvalue weighted by molar-refractivity contribution is 7.89. The molecule has 0 radical (unpaired) electrons. The Labute approximate surface area is 113 Å². The van der Waals surface area contributed by atoms with Crippen molar-refractivity contribution < 1.29 is 8.42 Å². The van der Waals surface area contributed by atoms with Gasteiger partial charge >= 0.3 is 0 Å². The van der Waals surface area contributed by atoms with E-state index in [4.69, 9.17) is 0 Å². The number of sulfonamides is 1. The van der Waals surface area contributed by atoms with E-state index in [-0.39, 0.29) is 10.9 Å². The van der Waals surface area contributed by atoms with E-state index in [1.54, 1.807) is 4.31 Å². The summed E-state index contributed by atoms with van der Waals surface area (Å²) in [7, 11) is -3.38. The second-order valence-electron chi connectivity index (χ2n) is 5.45. The Morgan fingerprint density at radius 2 is 2.21 bits per heavy atom. The fourth-order valence-electron chi connectivity index (χ4n) is 2.66. The molecule has 1 saturated heterocycles. The first-order valence-corrected chi connectivity index (χ1v) is 8.33. The van der Waals surface area contributed by atoms with Crippen LogP contribution in [0.2, 0.25) is 0 Å². The summed E-state index contributed by atoms with van der Waals surface area (Å²) in [6.45, 7) is 2.60. The summed E-state index contributed by atoms with van der Waals surface area (Å²) in [5, 5.41) is 9.69. The van der Waals surface area contributed by atoms with E-state index in [2.05, 4.69) is 15.5 Å². The molecule has 6 nitrogen and oxygen atoms in total. The van der Waals surface area contributed by atoms with E-state index in [0.29, 0.717) is 12.5 Å². The molecular formula is C12H20N4O2S. The number of rotatable bonds is 5. The molecule has 2 N–H and O–H groups in total. The third kappa shape index (κ3) is 2.82. The van der Waals surface area contributed by atoms with Crippen molar-refractivity contribution in [3.8, 4) is 0 Å². The van der Waals surface area contributed by atoms with Gasteiger partial charge in [0.1, 0.15) is 4.90 Å². The molecule has 1 saturated carbocycles. The van der Waals surface area contributed by atoms with E-state index < -0.39 is 10.0 Å². The Hall–Kier alpha value is -0.920. The van der Waals surface area contributed by atoms with Gasteiger partial charge in [-0.1, -0.05) is 0 Å². The van der Waals surface area contributed by atoms with Gasteiger partial charge < -0.3 is 5.32 Å². The van der Waals surface area contributed by atoms with Crippen molar-refractivity contribution in [2.75, 3.05) is 19.6 Å². The molecule has 2 heterocycles. The fraction of sp³-hybridized carbons (Fsp3) is 0.750. The third-order valence-electron chi connectivity index (χ3n) is 3.87. The number of nitrogens with zero attached hydrogens (tertiary/aromatic N) is 2. The van der Waals surface area contributed by atoms with E-state index in [9.17, 15) is 8.42 Å². The summed E-state index contributed by atoms with van der Waals surface area (Å²) in [5.41, 5.74) is 0. The smallest absolute Gasteiger partial charge is 0.246 e. The molecule has 0 aromatic carbocycles. The lowest BCUT2D eigenvalue weighted by atomic mass is 10.00. The monoisotopic (exact) mass is 284 g/mol. The Morgan fingerprint density at radius 3 is 2.79 bits per heavy atom. The summed E-state index contributed by atoms with van der Waals surface area (Å²) in [5.74, 6) is 0.427. The molecule has 1 atom stereocenters. The average Bonchev–Trinajstić information content (AvgIpc) is 3.09. The number of piperidine rings is 1. The van der Waals surface area contributed by atoms with Crippen molar-refractivity contribution in [2.24, 2.45) is 5.92 Å². The highest BCUT2D eigenvalue weighted by Crippen LogP contribution is 2.33. The predicted octanol–water partition coefficient (Wildman–Crippen LogP) is 0.562. The van der Waals surface area contributed by atoms with Crippen LogP contribution in [0.15, 0.2) is 17.3 Å². The Morgan fingerprint density at radius 1 is 1.37 bits per heavy atom. The lowest BCUT2D eigenvalue weighted by Crippen LogP contribution is -2.42. The van der Waals surface area contributed by atoms with E-state index in [1.807, 2.05) is 0 Å². The molecule has 1 aliphatic heterocycles. The Bertz CT molecular complexity index is 504. The van der Waals surface area contributed by atoms with Crippen LogP contribution in [0, 0.1) is 5.92 Å². The van der Waals surface area contributed by atoms with Gasteiger partial charge in [0.25, 0.3) is 0 Å². The molecule has 0 spiro atoms. The first kappa shape index (κ1) is 13.1. The zero-order valence-corrected chi connectivity index (χ0v) is 11.7. The molecule has 0 bridgehead atoms. The second kappa shape index (κ2) is 5.22. The first-order chi connectivity index (χ1) is 9.18. The summed E-state index contributed by atoms with van der Waals surface area (Å²) < 4.78 is 26.9. The zero-order valence-electron chi connectivity index (χ0n) is 10.9. The summed E-state index contributed by atoms with van der Waals surface area (Å²) in [4.78, 5) is 0.281. The summed E-state index contributed by atoms with van der Waals surface area (Å²) in [6.07, 6.45) is 7.06. The first-order valence-electron chi connectivity index (χ1n) is 6.89. The maximum atomic E-state index is 12.6. The van der Waals surface area contributed by atoms with Crippen molar-refractivity contribution in [1.29, 1.82) is 0 Å². The van der Waals surface area contributed by atoms with Crippen LogP contribution in [0.1, 0.15) is 25.7 Å². The third-order valence-corrected chi connectivity index (χ3v) is 5.75. The van der Waals surface area contributed by atoms with Gasteiger partial charge in [-0.15, -0.1) is 0 Å². The molecule has 1 aromatic rings. The minimum absolute atomic E-state index is 0.196. The van der Waals surface area contributed by atoms with Crippen LogP contribution < -0.4 is 5.32 Å². The van der Waals surface area contributed by atoms with Crippen LogP contribution in [0.3, 0.4) is 0 Å². The maximum absolute atomic E-state index is 12.6. The van der Waals surface area contributed by atoms with Gasteiger partial charge in [0.2, 0.25) is 10.0 Å². The van der Waals surface area contributed by atoms with Gasteiger partial charge in [-0.2, -0.15) is 9.40 Å². The van der Waals surface area contributed by atoms with Crippen LogP contribution >= 0.6 is 0 Å². The SMILES string of the molecule is O=S(=O)(c1cn[nH]c1)N(CC1CCCNC1)C1CC1. The topological polar surface area (TPSA) is 78.1 Å². The molecule has 19 heavy (non-hydrogen) atoms. The Balaban J connectivity index is 1.77. The molecule has 0 amide bonds. The predicted molar refractivity (Wildman–Crippen MR) is 71.1 cm³/mol. The standard InChI is InChI=1S/C12H20N4O2S/c17-19(18,12-7-14-15-8-12)16(11-3-4-11)9-10-2-1-5-13-6-10/h7-8,10-11,13H,1-6,9H2,(H,14,15). The van der Waals surface area contributed by atoms with Gasteiger partial charge in [-0.05, 0) is 44.7 Å². The van der Waals surface area contributed by atoms with Crippen molar-refractivity contribution in [3.05, 3.63) is 12.4 Å². The van der Waals surface area contributed by atoms with E-state index in [0.717, 1.165) is 38.8 Å². The lowest BCUT2D eigenvalue weighted by molar-refractivity contribution is 0.287. The van der Waals surface area contributed by atoms with Crippen LogP contribution in [0.5, 0.6) is 0 Å². The normalized spacial score (nSPS) is 24.8. The van der Waals surface area contributed by atoms with Crippen molar-refractivity contribution in [1.82, 2.24) is 19.8 Å². The summed E-state index contributed by atoms with van der Waals surface area (Å²) in [6, 6.07) is 0.196. The molecular weight excluding hydrogens is 264 g/mol. The van der Waals surface area contributed by atoms with E-state index >= 15 is 0 Å². The minimum Gasteiger partial charge on any atom is -0.316 e. The van der Waals surface area contributed by atoms with Crippen molar-refractivity contribution in [2.45, 2.75) is 36.6 Å². The molecule has 2 aliphatic rings. The Kier molecular flexibility index (Phi) is 3.60. The molecule has 2 fully saturated rings. The van der Waals surface area contributed by atoms with Crippen LogP contribution in [-0.2, 0) is 10.0 Å². The number of aromatic amines is 1. The average molecular weight is 284 g/mol. The van der Waals surface area contributed by atoms with Crippen LogP contribution in [0.4, 0.5) is 0 Å². The molecule has 1 aromatic heterocycles. The molecule has 3 rings (SSSR count). The van der Waals surface area contributed by atoms with Crippen molar-refractivity contribution in [3.63, 3.8) is 0 Å². The quantitative estimate of drug-likeness (QED) is 0.828. The second-order valence-corrected chi connectivity index (χ2v) is 7.34. The zero-order chi connectivity index (χ0) is 13.3. The fourth-order valence-corrected chi connectivity index (χ4v) is 4.32. The van der Waals surface area contributed by atoms with Gasteiger partial charge in [-0.25, -0.2) is 8.42 Å². The van der Waals surface area contributed by atoms with Gasteiger partial charge in [0.05, 0.1) is 6.20 Å². The molecule has 106 valence electrons.